The zero-order valence-electron chi connectivity index (χ0n) is 23.3. The van der Waals surface area contributed by atoms with Crippen LogP contribution in [0.15, 0.2) is 84.0 Å². The molecule has 0 unspecified atom stereocenters. The molecule has 0 radical (unpaired) electrons. The lowest BCUT2D eigenvalue weighted by molar-refractivity contribution is 0.222. The minimum atomic E-state index is -0.140. The van der Waals surface area contributed by atoms with E-state index in [9.17, 15) is 4.79 Å². The van der Waals surface area contributed by atoms with Crippen LogP contribution in [0.25, 0.3) is 33.3 Å². The fraction of sp³-hybridized carbons (Fsp3) is 0.273. The van der Waals surface area contributed by atoms with Crippen LogP contribution in [0.5, 0.6) is 0 Å². The highest BCUT2D eigenvalue weighted by Crippen LogP contribution is 2.32. The highest BCUT2D eigenvalue weighted by molar-refractivity contribution is 6.33. The molecule has 1 saturated heterocycles. The lowest BCUT2D eigenvalue weighted by atomic mass is 9.89. The van der Waals surface area contributed by atoms with Gasteiger partial charge in [0.1, 0.15) is 5.65 Å². The first kappa shape index (κ1) is 27.1. The van der Waals surface area contributed by atoms with Crippen LogP contribution in [0, 0.1) is 0 Å². The van der Waals surface area contributed by atoms with Crippen LogP contribution < -0.4 is 10.9 Å². The molecule has 7 nitrogen and oxygen atoms in total. The number of aromatic nitrogens is 4. The van der Waals surface area contributed by atoms with Gasteiger partial charge >= 0.3 is 0 Å². The summed E-state index contributed by atoms with van der Waals surface area (Å²) < 4.78 is 1.68. The number of hydrogen-bond acceptors (Lipinski definition) is 6. The molecule has 8 heteroatoms. The Bertz CT molecular complexity index is 1730. The van der Waals surface area contributed by atoms with E-state index in [4.69, 9.17) is 16.6 Å². The van der Waals surface area contributed by atoms with Gasteiger partial charge in [-0.2, -0.15) is 4.98 Å². The van der Waals surface area contributed by atoms with E-state index in [1.165, 1.54) is 18.4 Å². The maximum atomic E-state index is 13.6. The highest BCUT2D eigenvalue weighted by atomic mass is 35.5. The summed E-state index contributed by atoms with van der Waals surface area (Å²) in [6.45, 7) is 8.09. The molecule has 2 aromatic carbocycles. The third-order valence-corrected chi connectivity index (χ3v) is 8.38. The molecule has 1 fully saturated rings. The summed E-state index contributed by atoms with van der Waals surface area (Å²) in [5.74, 6) is 1.06. The van der Waals surface area contributed by atoms with E-state index in [1.54, 1.807) is 23.2 Å². The van der Waals surface area contributed by atoms with E-state index >= 15 is 0 Å². The number of hydrogen-bond donors (Lipinski definition) is 1. The minimum absolute atomic E-state index is 0.140. The second kappa shape index (κ2) is 11.8. The van der Waals surface area contributed by atoms with E-state index in [2.05, 4.69) is 51.4 Å². The van der Waals surface area contributed by atoms with Crippen molar-refractivity contribution in [2.75, 3.05) is 25.0 Å². The molecule has 1 aliphatic rings. The Hall–Kier alpha value is -4.07. The summed E-state index contributed by atoms with van der Waals surface area (Å²) in [4.78, 5) is 29.6. The van der Waals surface area contributed by atoms with E-state index < -0.39 is 0 Å². The first-order valence-corrected chi connectivity index (χ1v) is 14.6. The predicted molar refractivity (Wildman–Crippen MR) is 167 cm³/mol. The molecule has 6 rings (SSSR count). The Morgan fingerprint density at radius 2 is 1.73 bits per heavy atom. The van der Waals surface area contributed by atoms with Crippen LogP contribution in [-0.2, 0) is 6.54 Å². The maximum absolute atomic E-state index is 13.6. The van der Waals surface area contributed by atoms with Crippen LogP contribution in [0.2, 0.25) is 5.02 Å². The third-order valence-electron chi connectivity index (χ3n) is 8.07. The maximum Gasteiger partial charge on any atom is 0.260 e. The SMILES string of the molecule is CCN1CCC(c2ccc(Nc3ncc4cc(-c5ccc(-c6cccnc6)cc5Cl)c(=O)n(CC)c4n3)cc2)CC1. The van der Waals surface area contributed by atoms with Crippen molar-refractivity contribution in [2.24, 2.45) is 0 Å². The average molecular weight is 565 g/mol. The van der Waals surface area contributed by atoms with Crippen molar-refractivity contribution in [3.63, 3.8) is 0 Å². The van der Waals surface area contributed by atoms with E-state index in [0.717, 1.165) is 41.8 Å². The van der Waals surface area contributed by atoms with Crippen molar-refractivity contribution in [1.29, 1.82) is 0 Å². The number of fused-ring (bicyclic) bond motifs is 1. The Balaban J connectivity index is 1.26. The second-order valence-corrected chi connectivity index (χ2v) is 10.9. The van der Waals surface area contributed by atoms with Gasteiger partial charge in [-0.15, -0.1) is 0 Å². The summed E-state index contributed by atoms with van der Waals surface area (Å²) >= 11 is 6.71. The van der Waals surface area contributed by atoms with E-state index in [-0.39, 0.29) is 5.56 Å². The first-order valence-electron chi connectivity index (χ1n) is 14.2. The van der Waals surface area contributed by atoms with Gasteiger partial charge in [0.2, 0.25) is 5.95 Å². The predicted octanol–water partition coefficient (Wildman–Crippen LogP) is 7.14. The molecule has 208 valence electrons. The fourth-order valence-electron chi connectivity index (χ4n) is 5.70. The molecule has 3 aromatic heterocycles. The van der Waals surface area contributed by atoms with E-state index in [0.29, 0.717) is 40.2 Å². The fourth-order valence-corrected chi connectivity index (χ4v) is 5.98. The molecular weight excluding hydrogens is 532 g/mol. The summed E-state index contributed by atoms with van der Waals surface area (Å²) in [5, 5.41) is 4.59. The third kappa shape index (κ3) is 5.60. The number of anilines is 2. The van der Waals surface area contributed by atoms with Crippen LogP contribution >= 0.6 is 11.6 Å². The normalized spacial score (nSPS) is 14.4. The zero-order valence-corrected chi connectivity index (χ0v) is 24.1. The number of nitrogens with one attached hydrogen (secondary N) is 1. The number of benzene rings is 2. The van der Waals surface area contributed by atoms with Gasteiger partial charge in [-0.1, -0.05) is 48.9 Å². The number of likely N-dealkylation sites (tertiary alicyclic amines) is 1. The lowest BCUT2D eigenvalue weighted by Crippen LogP contribution is -2.32. The van der Waals surface area contributed by atoms with E-state index in [1.807, 2.05) is 43.3 Å². The van der Waals surface area contributed by atoms with Gasteiger partial charge in [-0.05, 0) is 86.8 Å². The Morgan fingerprint density at radius 3 is 2.41 bits per heavy atom. The molecule has 0 spiro atoms. The van der Waals surface area contributed by atoms with Crippen LogP contribution in [0.1, 0.15) is 38.2 Å². The Kier molecular flexibility index (Phi) is 7.81. The van der Waals surface area contributed by atoms with Gasteiger partial charge in [0.15, 0.2) is 0 Å². The van der Waals surface area contributed by atoms with Crippen molar-refractivity contribution < 1.29 is 0 Å². The molecule has 41 heavy (non-hydrogen) atoms. The molecule has 0 aliphatic carbocycles. The quantitative estimate of drug-likeness (QED) is 0.226. The van der Waals surface area contributed by atoms with Crippen molar-refractivity contribution in [1.82, 2.24) is 24.4 Å². The number of aryl methyl sites for hydroxylation is 1. The molecule has 0 saturated carbocycles. The summed E-state index contributed by atoms with van der Waals surface area (Å²) in [5.41, 5.74) is 5.85. The van der Waals surface area contributed by atoms with Crippen molar-refractivity contribution in [3.05, 3.63) is 100 Å². The van der Waals surface area contributed by atoms with Gasteiger partial charge < -0.3 is 10.2 Å². The number of nitrogens with zero attached hydrogens (tertiary/aromatic N) is 5. The smallest absolute Gasteiger partial charge is 0.260 e. The minimum Gasteiger partial charge on any atom is -0.324 e. The molecule has 1 aliphatic heterocycles. The molecule has 0 atom stereocenters. The largest absolute Gasteiger partial charge is 0.324 e. The Labute approximate surface area is 244 Å². The topological polar surface area (TPSA) is 75.9 Å². The molecule has 1 N–H and O–H groups in total. The van der Waals surface area contributed by atoms with Crippen molar-refractivity contribution >= 4 is 34.3 Å². The Morgan fingerprint density at radius 1 is 0.927 bits per heavy atom. The van der Waals surface area contributed by atoms with Crippen molar-refractivity contribution in [2.45, 2.75) is 39.2 Å². The number of pyridine rings is 2. The molecule has 4 heterocycles. The van der Waals surface area contributed by atoms with Crippen LogP contribution in [0.4, 0.5) is 11.6 Å². The summed E-state index contributed by atoms with van der Waals surface area (Å²) in [7, 11) is 0. The van der Waals surface area contributed by atoms with Gasteiger partial charge in [-0.3, -0.25) is 14.3 Å². The summed E-state index contributed by atoms with van der Waals surface area (Å²) in [6, 6.07) is 20.0. The highest BCUT2D eigenvalue weighted by Gasteiger charge is 2.20. The van der Waals surface area contributed by atoms with Crippen LogP contribution in [-0.4, -0.2) is 44.1 Å². The molecular formula is C33H33ClN6O. The molecule has 0 amide bonds. The second-order valence-electron chi connectivity index (χ2n) is 10.5. The molecule has 0 bridgehead atoms. The van der Waals surface area contributed by atoms with Gasteiger partial charge in [-0.25, -0.2) is 4.98 Å². The summed E-state index contributed by atoms with van der Waals surface area (Å²) in [6.07, 6.45) is 7.68. The van der Waals surface area contributed by atoms with Gasteiger partial charge in [0.05, 0.1) is 0 Å². The first-order chi connectivity index (χ1) is 20.0. The number of halogens is 1. The van der Waals surface area contributed by atoms with Gasteiger partial charge in [0, 0.05) is 57.9 Å². The number of rotatable bonds is 7. The number of piperidine rings is 1. The average Bonchev–Trinajstić information content (AvgIpc) is 3.02. The monoisotopic (exact) mass is 564 g/mol. The lowest BCUT2D eigenvalue weighted by Gasteiger charge is -2.31. The zero-order chi connectivity index (χ0) is 28.3. The van der Waals surface area contributed by atoms with Crippen LogP contribution in [0.3, 0.4) is 0 Å². The van der Waals surface area contributed by atoms with Gasteiger partial charge in [0.25, 0.3) is 5.56 Å². The molecule has 5 aromatic rings. The van der Waals surface area contributed by atoms with Crippen molar-refractivity contribution in [3.8, 4) is 22.3 Å². The standard InChI is InChI=1S/C33H33ClN6O/c1-3-39-16-13-23(14-17-39)22-7-10-27(11-8-22)37-33-36-21-26-18-29(32(41)40(4-2)31(26)38-33)28-12-9-24(19-30(28)34)25-6-5-15-35-20-25/h5-12,15,18-21,23H,3-4,13-14,16-17H2,1-2H3,(H,36,37,38).